The van der Waals surface area contributed by atoms with E-state index in [-0.39, 0.29) is 19.2 Å². The van der Waals surface area contributed by atoms with Crippen molar-refractivity contribution in [1.82, 2.24) is 13.9 Å². The Bertz CT molecular complexity index is 374. The van der Waals surface area contributed by atoms with Crippen LogP contribution in [0.25, 0.3) is 0 Å². The van der Waals surface area contributed by atoms with Gasteiger partial charge in [-0.25, -0.2) is 0 Å². The molecule has 2 N–H and O–H groups in total. The van der Waals surface area contributed by atoms with Crippen molar-refractivity contribution in [2.24, 2.45) is 0 Å². The summed E-state index contributed by atoms with van der Waals surface area (Å²) in [7, 11) is -3.43. The molecule has 20 heavy (non-hydrogen) atoms. The van der Waals surface area contributed by atoms with Crippen LogP contribution in [0.2, 0.25) is 0 Å². The highest BCUT2D eigenvalue weighted by Gasteiger charge is 2.31. The van der Waals surface area contributed by atoms with Gasteiger partial charge in [-0.05, 0) is 32.2 Å². The molecule has 1 unspecified atom stereocenters. The second-order valence-electron chi connectivity index (χ2n) is 5.70. The van der Waals surface area contributed by atoms with E-state index < -0.39 is 10.2 Å². The first kappa shape index (κ1) is 16.2. The minimum Gasteiger partial charge on any atom is -0.395 e. The van der Waals surface area contributed by atoms with Crippen molar-refractivity contribution in [1.29, 1.82) is 0 Å². The fraction of sp³-hybridized carbons (Fsp3) is 1.00. The van der Waals surface area contributed by atoms with Crippen LogP contribution in [0, 0.1) is 0 Å². The topological polar surface area (TPSA) is 72.9 Å². The van der Waals surface area contributed by atoms with Gasteiger partial charge in [-0.1, -0.05) is 12.8 Å². The Kier molecular flexibility index (Phi) is 6.22. The second kappa shape index (κ2) is 7.70. The SMILES string of the molecule is O=S(=O)(N1CCCCCC1)N(CCO)CC1CCCN1. The number of nitrogens with zero attached hydrogens (tertiary/aromatic N) is 2. The number of hydrogen-bond acceptors (Lipinski definition) is 4. The first-order chi connectivity index (χ1) is 9.64. The monoisotopic (exact) mass is 305 g/mol. The van der Waals surface area contributed by atoms with Crippen LogP contribution in [-0.2, 0) is 10.2 Å². The molecule has 0 aliphatic carbocycles. The predicted molar refractivity (Wildman–Crippen MR) is 78.6 cm³/mol. The zero-order valence-electron chi connectivity index (χ0n) is 12.1. The Balaban J connectivity index is 2.04. The molecule has 0 spiro atoms. The smallest absolute Gasteiger partial charge is 0.282 e. The minimum absolute atomic E-state index is 0.125. The van der Waals surface area contributed by atoms with Crippen LogP contribution in [0.15, 0.2) is 0 Å². The van der Waals surface area contributed by atoms with Crippen molar-refractivity contribution >= 4 is 10.2 Å². The number of rotatable bonds is 6. The van der Waals surface area contributed by atoms with Gasteiger partial charge in [0.05, 0.1) is 6.61 Å². The summed E-state index contributed by atoms with van der Waals surface area (Å²) in [5.41, 5.74) is 0. The highest BCUT2D eigenvalue weighted by atomic mass is 32.2. The van der Waals surface area contributed by atoms with Crippen molar-refractivity contribution in [2.75, 3.05) is 39.3 Å². The maximum absolute atomic E-state index is 12.7. The van der Waals surface area contributed by atoms with Gasteiger partial charge in [0, 0.05) is 32.2 Å². The van der Waals surface area contributed by atoms with Crippen LogP contribution in [0.5, 0.6) is 0 Å². The number of nitrogens with one attached hydrogen (secondary N) is 1. The molecule has 0 aromatic rings. The van der Waals surface area contributed by atoms with E-state index in [1.54, 1.807) is 4.31 Å². The quantitative estimate of drug-likeness (QED) is 0.733. The van der Waals surface area contributed by atoms with Gasteiger partial charge in [0.15, 0.2) is 0 Å². The zero-order chi connectivity index (χ0) is 14.4. The fourth-order valence-electron chi connectivity index (χ4n) is 3.01. The highest BCUT2D eigenvalue weighted by Crippen LogP contribution is 2.18. The van der Waals surface area contributed by atoms with Gasteiger partial charge in [0.25, 0.3) is 10.2 Å². The maximum Gasteiger partial charge on any atom is 0.282 e. The lowest BCUT2D eigenvalue weighted by Crippen LogP contribution is -2.49. The molecule has 0 radical (unpaired) electrons. The van der Waals surface area contributed by atoms with E-state index in [1.807, 2.05) is 0 Å². The third-order valence-corrected chi connectivity index (χ3v) is 6.16. The van der Waals surface area contributed by atoms with Crippen LogP contribution in [0.4, 0.5) is 0 Å². The molecule has 0 saturated carbocycles. The highest BCUT2D eigenvalue weighted by molar-refractivity contribution is 7.86. The summed E-state index contributed by atoms with van der Waals surface area (Å²) in [6, 6.07) is 0.225. The minimum atomic E-state index is -3.43. The fourth-order valence-corrected chi connectivity index (χ4v) is 4.73. The second-order valence-corrected chi connectivity index (χ2v) is 7.62. The van der Waals surface area contributed by atoms with Gasteiger partial charge in [-0.3, -0.25) is 0 Å². The Morgan fingerprint density at radius 3 is 2.40 bits per heavy atom. The molecule has 6 nitrogen and oxygen atoms in total. The number of aliphatic hydroxyl groups excluding tert-OH is 1. The average molecular weight is 305 g/mol. The summed E-state index contributed by atoms with van der Waals surface area (Å²) in [5, 5.41) is 12.5. The summed E-state index contributed by atoms with van der Waals surface area (Å²) in [6.45, 7) is 2.72. The Hall–Kier alpha value is -0.210. The van der Waals surface area contributed by atoms with Gasteiger partial charge in [-0.15, -0.1) is 0 Å². The standard InChI is InChI=1S/C13H27N3O3S/c17-11-10-16(12-13-6-5-7-14-13)20(18,19)15-8-3-1-2-4-9-15/h13-14,17H,1-12H2. The molecule has 2 fully saturated rings. The van der Waals surface area contributed by atoms with Crippen LogP contribution < -0.4 is 5.32 Å². The average Bonchev–Trinajstić information content (AvgIpc) is 2.77. The van der Waals surface area contributed by atoms with E-state index in [0.717, 1.165) is 45.1 Å². The Labute approximate surface area is 122 Å². The van der Waals surface area contributed by atoms with Gasteiger partial charge in [0.2, 0.25) is 0 Å². The summed E-state index contributed by atoms with van der Waals surface area (Å²) in [5.74, 6) is 0. The summed E-state index contributed by atoms with van der Waals surface area (Å²) in [4.78, 5) is 0. The normalized spacial score (nSPS) is 26.0. The van der Waals surface area contributed by atoms with Crippen molar-refractivity contribution in [3.8, 4) is 0 Å². The molecule has 1 atom stereocenters. The van der Waals surface area contributed by atoms with Crippen LogP contribution in [-0.4, -0.2) is 67.5 Å². The van der Waals surface area contributed by atoms with E-state index in [9.17, 15) is 13.5 Å². The van der Waals surface area contributed by atoms with Gasteiger partial charge >= 0.3 is 0 Å². The molecule has 7 heteroatoms. The molecule has 0 bridgehead atoms. The van der Waals surface area contributed by atoms with Crippen LogP contribution in [0.3, 0.4) is 0 Å². The molecule has 0 aromatic carbocycles. The molecular formula is C13H27N3O3S. The molecule has 2 heterocycles. The van der Waals surface area contributed by atoms with E-state index >= 15 is 0 Å². The van der Waals surface area contributed by atoms with Crippen LogP contribution in [0.1, 0.15) is 38.5 Å². The Morgan fingerprint density at radius 1 is 1.15 bits per heavy atom. The molecule has 2 aliphatic heterocycles. The Morgan fingerprint density at radius 2 is 1.85 bits per heavy atom. The van der Waals surface area contributed by atoms with Crippen LogP contribution >= 0.6 is 0 Å². The lowest BCUT2D eigenvalue weighted by atomic mass is 10.2. The summed E-state index contributed by atoms with van der Waals surface area (Å²) >= 11 is 0. The van der Waals surface area contributed by atoms with Crippen molar-refractivity contribution < 1.29 is 13.5 Å². The van der Waals surface area contributed by atoms with E-state index in [1.165, 1.54) is 4.31 Å². The largest absolute Gasteiger partial charge is 0.395 e. The first-order valence-corrected chi connectivity index (χ1v) is 9.14. The van der Waals surface area contributed by atoms with E-state index in [2.05, 4.69) is 5.32 Å². The van der Waals surface area contributed by atoms with E-state index in [4.69, 9.17) is 0 Å². The molecule has 2 aliphatic rings. The van der Waals surface area contributed by atoms with Gasteiger partial charge in [-0.2, -0.15) is 17.0 Å². The third-order valence-electron chi connectivity index (χ3n) is 4.15. The summed E-state index contributed by atoms with van der Waals surface area (Å²) in [6.07, 6.45) is 6.20. The number of hydrogen-bond donors (Lipinski definition) is 2. The molecule has 2 saturated heterocycles. The lowest BCUT2D eigenvalue weighted by Gasteiger charge is -2.30. The van der Waals surface area contributed by atoms with Gasteiger partial charge in [0.1, 0.15) is 0 Å². The van der Waals surface area contributed by atoms with Gasteiger partial charge < -0.3 is 10.4 Å². The first-order valence-electron chi connectivity index (χ1n) is 7.74. The molecule has 0 amide bonds. The van der Waals surface area contributed by atoms with E-state index in [0.29, 0.717) is 19.6 Å². The number of aliphatic hydroxyl groups is 1. The molecule has 0 aromatic heterocycles. The molecule has 2 rings (SSSR count). The molecular weight excluding hydrogens is 278 g/mol. The summed E-state index contributed by atoms with van der Waals surface area (Å²) < 4.78 is 28.5. The maximum atomic E-state index is 12.7. The lowest BCUT2D eigenvalue weighted by molar-refractivity contribution is 0.236. The van der Waals surface area contributed by atoms with Crippen molar-refractivity contribution in [3.05, 3.63) is 0 Å². The van der Waals surface area contributed by atoms with Crippen molar-refractivity contribution in [3.63, 3.8) is 0 Å². The third kappa shape index (κ3) is 4.14. The molecule has 118 valence electrons. The van der Waals surface area contributed by atoms with Crippen molar-refractivity contribution in [2.45, 2.75) is 44.6 Å². The zero-order valence-corrected chi connectivity index (χ0v) is 12.9. The predicted octanol–water partition coefficient (Wildman–Crippen LogP) is 0.154.